The molecule has 0 saturated carbocycles. The Labute approximate surface area is 169 Å². The molecule has 1 heterocycles. The highest BCUT2D eigenvalue weighted by Crippen LogP contribution is 2.39. The van der Waals surface area contributed by atoms with Crippen LogP contribution in [0.5, 0.6) is 23.0 Å². The summed E-state index contributed by atoms with van der Waals surface area (Å²) in [6, 6.07) is 22.3. The zero-order valence-corrected chi connectivity index (χ0v) is 16.1. The van der Waals surface area contributed by atoms with Gasteiger partial charge in [0.1, 0.15) is 11.5 Å². The number of aryl methyl sites for hydroxylation is 1. The normalized spacial score (nSPS) is 17.6. The molecule has 1 N–H and O–H groups in total. The van der Waals surface area contributed by atoms with Crippen molar-refractivity contribution in [2.24, 2.45) is 0 Å². The van der Waals surface area contributed by atoms with Gasteiger partial charge in [-0.2, -0.15) is 0 Å². The van der Waals surface area contributed by atoms with Gasteiger partial charge in [0.25, 0.3) is 0 Å². The third kappa shape index (κ3) is 4.19. The number of hydrogen-bond acceptors (Lipinski definition) is 4. The van der Waals surface area contributed by atoms with Gasteiger partial charge in [0.05, 0.1) is 0 Å². The summed E-state index contributed by atoms with van der Waals surface area (Å²) in [6.07, 6.45) is 0.287. The number of ether oxygens (including phenoxy) is 3. The van der Waals surface area contributed by atoms with Gasteiger partial charge in [-0.05, 0) is 53.9 Å². The molecule has 0 bridgehead atoms. The fraction of sp³-hybridized carbons (Fsp3) is 0.208. The van der Waals surface area contributed by atoms with E-state index in [9.17, 15) is 9.90 Å². The molecular formula is C24H22O5. The van der Waals surface area contributed by atoms with Gasteiger partial charge in [-0.15, -0.1) is 0 Å². The molecule has 0 aliphatic carbocycles. The molecule has 3 aromatic carbocycles. The second-order valence-corrected chi connectivity index (χ2v) is 6.93. The van der Waals surface area contributed by atoms with Crippen molar-refractivity contribution < 1.29 is 24.1 Å². The Bertz CT molecular complexity index is 979. The molecule has 5 nitrogen and oxygen atoms in total. The highest BCUT2D eigenvalue weighted by molar-refractivity contribution is 5.75. The Balaban J connectivity index is 1.51. The van der Waals surface area contributed by atoms with Crippen molar-refractivity contribution in [3.05, 3.63) is 83.9 Å². The standard InChI is InChI=1S/C24H22O5/c1-2-5-16-8-12-18(13-9-16)27-19-14-10-17(11-15-19)22-23(24(25)26)29-21-7-4-3-6-20(21)28-22/h3-4,6-15,22-23H,2,5H2,1H3,(H,25,26). The number of rotatable bonds is 6. The molecule has 0 fully saturated rings. The maximum Gasteiger partial charge on any atom is 0.349 e. The topological polar surface area (TPSA) is 65.0 Å². The van der Waals surface area contributed by atoms with Gasteiger partial charge in [-0.25, -0.2) is 4.79 Å². The summed E-state index contributed by atoms with van der Waals surface area (Å²) in [6.45, 7) is 2.15. The van der Waals surface area contributed by atoms with Crippen LogP contribution < -0.4 is 14.2 Å². The van der Waals surface area contributed by atoms with Crippen LogP contribution in [0.25, 0.3) is 0 Å². The Morgan fingerprint density at radius 3 is 2.07 bits per heavy atom. The number of aliphatic carboxylic acids is 1. The van der Waals surface area contributed by atoms with Crippen molar-refractivity contribution >= 4 is 5.97 Å². The van der Waals surface area contributed by atoms with Crippen molar-refractivity contribution in [3.8, 4) is 23.0 Å². The molecule has 29 heavy (non-hydrogen) atoms. The first kappa shape index (κ1) is 18.9. The minimum absolute atomic E-state index is 0.433. The highest BCUT2D eigenvalue weighted by atomic mass is 16.6. The van der Waals surface area contributed by atoms with Crippen LogP contribution in [0.2, 0.25) is 0 Å². The van der Waals surface area contributed by atoms with Gasteiger partial charge in [0, 0.05) is 0 Å². The van der Waals surface area contributed by atoms with Gasteiger partial charge < -0.3 is 19.3 Å². The molecule has 0 radical (unpaired) electrons. The first-order valence-corrected chi connectivity index (χ1v) is 9.66. The van der Waals surface area contributed by atoms with E-state index in [2.05, 4.69) is 19.1 Å². The lowest BCUT2D eigenvalue weighted by Crippen LogP contribution is -2.39. The molecule has 3 aromatic rings. The Morgan fingerprint density at radius 1 is 0.897 bits per heavy atom. The molecular weight excluding hydrogens is 368 g/mol. The van der Waals surface area contributed by atoms with Gasteiger partial charge in [0.15, 0.2) is 17.6 Å². The lowest BCUT2D eigenvalue weighted by atomic mass is 10.0. The number of carboxylic acids is 1. The summed E-state index contributed by atoms with van der Waals surface area (Å²) in [5.41, 5.74) is 1.99. The summed E-state index contributed by atoms with van der Waals surface area (Å²) in [4.78, 5) is 11.7. The van der Waals surface area contributed by atoms with Gasteiger partial charge >= 0.3 is 5.97 Å². The number of benzene rings is 3. The number of fused-ring (bicyclic) bond motifs is 1. The fourth-order valence-electron chi connectivity index (χ4n) is 3.34. The molecule has 5 heteroatoms. The average Bonchev–Trinajstić information content (AvgIpc) is 2.75. The summed E-state index contributed by atoms with van der Waals surface area (Å²) in [5, 5.41) is 9.58. The van der Waals surface area contributed by atoms with Crippen molar-refractivity contribution in [2.45, 2.75) is 32.0 Å². The number of carbonyl (C=O) groups is 1. The molecule has 2 atom stereocenters. The highest BCUT2D eigenvalue weighted by Gasteiger charge is 2.38. The predicted octanol–water partition coefficient (Wildman–Crippen LogP) is 5.40. The van der Waals surface area contributed by atoms with E-state index in [1.165, 1.54) is 5.56 Å². The fourth-order valence-corrected chi connectivity index (χ4v) is 3.34. The van der Waals surface area contributed by atoms with E-state index in [-0.39, 0.29) is 0 Å². The third-order valence-electron chi connectivity index (χ3n) is 4.78. The monoisotopic (exact) mass is 390 g/mol. The smallest absolute Gasteiger partial charge is 0.349 e. The maximum atomic E-state index is 11.7. The average molecular weight is 390 g/mol. The maximum absolute atomic E-state index is 11.7. The first-order chi connectivity index (χ1) is 14.1. The van der Waals surface area contributed by atoms with Gasteiger partial charge in [0.2, 0.25) is 6.10 Å². The summed E-state index contributed by atoms with van der Waals surface area (Å²) in [7, 11) is 0. The molecule has 0 spiro atoms. The molecule has 148 valence electrons. The Morgan fingerprint density at radius 2 is 1.48 bits per heavy atom. The van der Waals surface area contributed by atoms with Gasteiger partial charge in [-0.1, -0.05) is 49.7 Å². The van der Waals surface area contributed by atoms with Crippen LogP contribution in [-0.4, -0.2) is 17.2 Å². The van der Waals surface area contributed by atoms with E-state index in [1.807, 2.05) is 18.2 Å². The first-order valence-electron chi connectivity index (χ1n) is 9.66. The van der Waals surface area contributed by atoms with E-state index in [1.54, 1.807) is 42.5 Å². The van der Waals surface area contributed by atoms with E-state index < -0.39 is 18.2 Å². The van der Waals surface area contributed by atoms with E-state index in [0.29, 0.717) is 22.8 Å². The van der Waals surface area contributed by atoms with E-state index in [0.717, 1.165) is 18.6 Å². The van der Waals surface area contributed by atoms with Crippen LogP contribution in [0.15, 0.2) is 72.8 Å². The Kier molecular flexibility index (Phi) is 5.38. The largest absolute Gasteiger partial charge is 0.478 e. The van der Waals surface area contributed by atoms with Crippen LogP contribution >= 0.6 is 0 Å². The van der Waals surface area contributed by atoms with Crippen molar-refractivity contribution in [2.75, 3.05) is 0 Å². The summed E-state index contributed by atoms with van der Waals surface area (Å²) in [5.74, 6) is 1.32. The minimum atomic E-state index is -1.12. The molecule has 0 aromatic heterocycles. The second-order valence-electron chi connectivity index (χ2n) is 6.93. The quantitative estimate of drug-likeness (QED) is 0.611. The van der Waals surface area contributed by atoms with Crippen molar-refractivity contribution in [1.82, 2.24) is 0 Å². The van der Waals surface area contributed by atoms with E-state index >= 15 is 0 Å². The van der Waals surface area contributed by atoms with Crippen LogP contribution in [0, 0.1) is 0 Å². The van der Waals surface area contributed by atoms with Crippen molar-refractivity contribution in [1.29, 1.82) is 0 Å². The molecule has 0 saturated heterocycles. The second kappa shape index (κ2) is 8.27. The van der Waals surface area contributed by atoms with Crippen LogP contribution in [0.4, 0.5) is 0 Å². The van der Waals surface area contributed by atoms with Gasteiger partial charge in [-0.3, -0.25) is 0 Å². The number of carboxylic acid groups (broad SMARTS) is 1. The lowest BCUT2D eigenvalue weighted by Gasteiger charge is -2.31. The van der Waals surface area contributed by atoms with Crippen LogP contribution in [0.3, 0.4) is 0 Å². The Hall–Kier alpha value is -3.47. The molecule has 1 aliphatic heterocycles. The number of para-hydroxylation sites is 2. The summed E-state index contributed by atoms with van der Waals surface area (Å²) >= 11 is 0. The van der Waals surface area contributed by atoms with E-state index in [4.69, 9.17) is 14.2 Å². The minimum Gasteiger partial charge on any atom is -0.478 e. The zero-order valence-electron chi connectivity index (χ0n) is 16.1. The third-order valence-corrected chi connectivity index (χ3v) is 4.78. The summed E-state index contributed by atoms with van der Waals surface area (Å²) < 4.78 is 17.5. The van der Waals surface area contributed by atoms with Crippen molar-refractivity contribution in [3.63, 3.8) is 0 Å². The zero-order chi connectivity index (χ0) is 20.2. The molecule has 4 rings (SSSR count). The number of hydrogen-bond donors (Lipinski definition) is 1. The van der Waals surface area contributed by atoms with Crippen LogP contribution in [-0.2, 0) is 11.2 Å². The SMILES string of the molecule is CCCc1ccc(Oc2ccc(C3Oc4ccccc4OC3C(=O)O)cc2)cc1. The predicted molar refractivity (Wildman–Crippen MR) is 109 cm³/mol. The van der Waals surface area contributed by atoms with Crippen LogP contribution in [0.1, 0.15) is 30.6 Å². The molecule has 0 amide bonds. The lowest BCUT2D eigenvalue weighted by molar-refractivity contribution is -0.151. The molecule has 1 aliphatic rings. The molecule has 2 unspecified atom stereocenters.